The molecule has 0 spiro atoms. The van der Waals surface area contributed by atoms with Crippen LogP contribution in [0.2, 0.25) is 0 Å². The van der Waals surface area contributed by atoms with Crippen molar-refractivity contribution in [1.29, 1.82) is 0 Å². The van der Waals surface area contributed by atoms with E-state index < -0.39 is 17.4 Å². The Hall–Kier alpha value is -2.34. The van der Waals surface area contributed by atoms with Crippen molar-refractivity contribution in [2.75, 3.05) is 7.11 Å². The number of aromatic amines is 1. The number of benzene rings is 1. The van der Waals surface area contributed by atoms with E-state index in [1.807, 2.05) is 33.8 Å². The highest BCUT2D eigenvalue weighted by Gasteiger charge is 2.31. The lowest BCUT2D eigenvalue weighted by Gasteiger charge is -2.33. The number of nitrogens with zero attached hydrogens (tertiary/aromatic N) is 2. The molecule has 1 aromatic heterocycles. The Morgan fingerprint density at radius 3 is 2.29 bits per heavy atom. The molecule has 24 heavy (non-hydrogen) atoms. The van der Waals surface area contributed by atoms with Gasteiger partial charge in [-0.15, -0.1) is 0 Å². The number of hydrogen-bond acceptors (Lipinski definition) is 3. The summed E-state index contributed by atoms with van der Waals surface area (Å²) in [5, 5.41) is 2.62. The fourth-order valence-corrected chi connectivity index (χ4v) is 2.91. The van der Waals surface area contributed by atoms with Gasteiger partial charge in [0.05, 0.1) is 17.8 Å². The summed E-state index contributed by atoms with van der Waals surface area (Å²) in [6, 6.07) is 8.42. The summed E-state index contributed by atoms with van der Waals surface area (Å²) in [5.74, 6) is 0. The summed E-state index contributed by atoms with van der Waals surface area (Å²) in [6.07, 6.45) is -0.247. The summed E-state index contributed by atoms with van der Waals surface area (Å²) < 4.78 is 7.98. The van der Waals surface area contributed by atoms with Crippen LogP contribution in [0, 0.1) is 5.41 Å². The highest BCUT2D eigenvalue weighted by Crippen LogP contribution is 2.31. The Labute approximate surface area is 141 Å². The maximum absolute atomic E-state index is 12.7. The van der Waals surface area contributed by atoms with E-state index >= 15 is 0 Å². The first-order chi connectivity index (χ1) is 11.2. The van der Waals surface area contributed by atoms with Gasteiger partial charge >= 0.3 is 11.4 Å². The molecule has 0 radical (unpaired) electrons. The van der Waals surface area contributed by atoms with Crippen molar-refractivity contribution >= 4 is 0 Å². The first-order valence-electron chi connectivity index (χ1n) is 7.89. The summed E-state index contributed by atoms with van der Waals surface area (Å²) in [5.41, 5.74) is 0.179. The van der Waals surface area contributed by atoms with Gasteiger partial charge in [-0.1, -0.05) is 45.5 Å². The highest BCUT2D eigenvalue weighted by atomic mass is 16.5. The van der Waals surface area contributed by atoms with Crippen molar-refractivity contribution in [2.45, 2.75) is 39.8 Å². The van der Waals surface area contributed by atoms with Crippen LogP contribution >= 0.6 is 0 Å². The second-order valence-corrected chi connectivity index (χ2v) is 6.97. The van der Waals surface area contributed by atoms with E-state index in [0.29, 0.717) is 5.69 Å². The molecule has 0 saturated carbocycles. The quantitative estimate of drug-likeness (QED) is 0.856. The largest absolute Gasteiger partial charge is 0.376 e. The van der Waals surface area contributed by atoms with E-state index in [1.54, 1.807) is 31.4 Å². The topological polar surface area (TPSA) is 69.0 Å². The maximum atomic E-state index is 12.7. The molecule has 2 atom stereocenters. The van der Waals surface area contributed by atoms with Crippen LogP contribution in [0.1, 0.15) is 33.7 Å². The Balaban J connectivity index is 2.46. The molecule has 0 bridgehead atoms. The molecule has 0 amide bonds. The van der Waals surface area contributed by atoms with Crippen LogP contribution in [0.3, 0.4) is 0 Å². The van der Waals surface area contributed by atoms with E-state index in [2.05, 4.69) is 11.7 Å². The Morgan fingerprint density at radius 2 is 1.79 bits per heavy atom. The fraction of sp³-hybridized carbons (Fsp3) is 0.444. The molecule has 0 saturated heterocycles. The lowest BCUT2D eigenvalue weighted by molar-refractivity contribution is 0.0380. The predicted molar refractivity (Wildman–Crippen MR) is 94.8 cm³/mol. The van der Waals surface area contributed by atoms with Crippen LogP contribution in [-0.4, -0.2) is 27.6 Å². The lowest BCUT2D eigenvalue weighted by atomic mass is 9.83. The van der Waals surface area contributed by atoms with E-state index in [9.17, 15) is 9.59 Å². The average molecular weight is 331 g/mol. The molecule has 0 aliphatic rings. The van der Waals surface area contributed by atoms with E-state index in [-0.39, 0.29) is 11.5 Å². The zero-order chi connectivity index (χ0) is 18.1. The van der Waals surface area contributed by atoms with Crippen molar-refractivity contribution in [2.24, 2.45) is 5.41 Å². The van der Waals surface area contributed by atoms with Gasteiger partial charge in [-0.05, 0) is 30.0 Å². The van der Waals surface area contributed by atoms with E-state index in [4.69, 9.17) is 4.74 Å². The Kier molecular flexibility index (Phi) is 4.99. The molecule has 1 heterocycles. The van der Waals surface area contributed by atoms with Crippen molar-refractivity contribution < 1.29 is 4.74 Å². The smallest absolute Gasteiger partial charge is 0.352 e. The Bertz CT molecular complexity index is 822. The summed E-state index contributed by atoms with van der Waals surface area (Å²) in [7, 11) is 1.62. The highest BCUT2D eigenvalue weighted by molar-refractivity contribution is 5.30. The minimum atomic E-state index is -0.476. The van der Waals surface area contributed by atoms with E-state index in [1.165, 1.54) is 4.68 Å². The molecule has 130 valence electrons. The van der Waals surface area contributed by atoms with Gasteiger partial charge in [-0.25, -0.2) is 23.9 Å². The molecule has 6 heteroatoms. The molecule has 2 aromatic rings. The van der Waals surface area contributed by atoms with Gasteiger partial charge in [0.1, 0.15) is 0 Å². The lowest BCUT2D eigenvalue weighted by Crippen LogP contribution is -2.36. The Morgan fingerprint density at radius 1 is 1.21 bits per heavy atom. The third-order valence-electron chi connectivity index (χ3n) is 4.11. The standard InChI is InChI=1S/C18H25N3O3/c1-12(15(24-6)18(3,4)5)13(2)21-17(23)20(16(22)19-21)14-10-8-7-9-11-14/h7-11,13,15H,1H2,2-6H3,(H,19,22)/t13-,15-/m1/s1. The van der Waals surface area contributed by atoms with Crippen LogP contribution < -0.4 is 11.4 Å². The van der Waals surface area contributed by atoms with Gasteiger partial charge in [-0.3, -0.25) is 0 Å². The SMILES string of the molecule is C=C([C@@H](C)n1[nH]c(=O)n(-c2ccccc2)c1=O)[C@@H](OC)C(C)(C)C. The first kappa shape index (κ1) is 18.0. The van der Waals surface area contributed by atoms with Crippen LogP contribution in [0.5, 0.6) is 0 Å². The summed E-state index contributed by atoms with van der Waals surface area (Å²) in [4.78, 5) is 25.0. The predicted octanol–water partition coefficient (Wildman–Crippen LogP) is 2.51. The monoisotopic (exact) mass is 331 g/mol. The second-order valence-electron chi connectivity index (χ2n) is 6.97. The second kappa shape index (κ2) is 6.65. The molecule has 1 aromatic carbocycles. The number of methoxy groups -OCH3 is 1. The van der Waals surface area contributed by atoms with Gasteiger partial charge < -0.3 is 4.74 Å². The fourth-order valence-electron chi connectivity index (χ4n) is 2.91. The van der Waals surface area contributed by atoms with E-state index in [0.717, 1.165) is 10.1 Å². The van der Waals surface area contributed by atoms with Gasteiger partial charge in [-0.2, -0.15) is 0 Å². The molecule has 0 aliphatic heterocycles. The van der Waals surface area contributed by atoms with Crippen molar-refractivity contribution in [3.8, 4) is 5.69 Å². The summed E-state index contributed by atoms with van der Waals surface area (Å²) in [6.45, 7) is 12.1. The molecular formula is C18H25N3O3. The molecule has 0 unspecified atom stereocenters. The van der Waals surface area contributed by atoms with Gasteiger partial charge in [0.25, 0.3) is 0 Å². The average Bonchev–Trinajstić information content (AvgIpc) is 2.81. The zero-order valence-corrected chi connectivity index (χ0v) is 14.9. The number of H-pyrrole nitrogens is 1. The van der Waals surface area contributed by atoms with Crippen LogP contribution in [0.15, 0.2) is 52.1 Å². The third kappa shape index (κ3) is 3.28. The molecular weight excluding hydrogens is 306 g/mol. The van der Waals surface area contributed by atoms with Gasteiger partial charge in [0, 0.05) is 7.11 Å². The van der Waals surface area contributed by atoms with Gasteiger partial charge in [0.2, 0.25) is 0 Å². The first-order valence-corrected chi connectivity index (χ1v) is 7.89. The van der Waals surface area contributed by atoms with Crippen molar-refractivity contribution in [3.63, 3.8) is 0 Å². The number of nitrogens with one attached hydrogen (secondary N) is 1. The number of hydrogen-bond donors (Lipinski definition) is 1. The number of para-hydroxylation sites is 1. The molecule has 1 N–H and O–H groups in total. The minimum Gasteiger partial charge on any atom is -0.376 e. The molecule has 2 rings (SSSR count). The van der Waals surface area contributed by atoms with Crippen LogP contribution in [0.4, 0.5) is 0 Å². The normalized spacial score (nSPS) is 14.4. The van der Waals surface area contributed by atoms with Gasteiger partial charge in [0.15, 0.2) is 0 Å². The number of aromatic nitrogens is 3. The number of rotatable bonds is 5. The van der Waals surface area contributed by atoms with Crippen LogP contribution in [0.25, 0.3) is 5.69 Å². The molecule has 0 fully saturated rings. The minimum absolute atomic E-state index is 0.175. The molecule has 0 aliphatic carbocycles. The number of ether oxygens (including phenoxy) is 1. The molecule has 6 nitrogen and oxygen atoms in total. The van der Waals surface area contributed by atoms with Crippen molar-refractivity contribution in [3.05, 3.63) is 63.5 Å². The van der Waals surface area contributed by atoms with Crippen LogP contribution in [-0.2, 0) is 4.74 Å². The third-order valence-corrected chi connectivity index (χ3v) is 4.11. The summed E-state index contributed by atoms with van der Waals surface area (Å²) >= 11 is 0. The zero-order valence-electron chi connectivity index (χ0n) is 14.9. The maximum Gasteiger partial charge on any atom is 0.352 e. The van der Waals surface area contributed by atoms with Crippen molar-refractivity contribution in [1.82, 2.24) is 14.3 Å².